The number of aromatic carboxylic acids is 1. The predicted molar refractivity (Wildman–Crippen MR) is 117 cm³/mol. The van der Waals surface area contributed by atoms with Crippen LogP contribution in [0.2, 0.25) is 0 Å². The Hall–Kier alpha value is -3.51. The van der Waals surface area contributed by atoms with Crippen LogP contribution in [0.3, 0.4) is 0 Å². The first-order valence-corrected chi connectivity index (χ1v) is 10.0. The number of benzene rings is 3. The summed E-state index contributed by atoms with van der Waals surface area (Å²) in [6.07, 6.45) is 0. The summed E-state index contributed by atoms with van der Waals surface area (Å²) in [4.78, 5) is 27.4. The van der Waals surface area contributed by atoms with Gasteiger partial charge in [-0.2, -0.15) is 0 Å². The predicted octanol–water partition coefficient (Wildman–Crippen LogP) is 4.72. The summed E-state index contributed by atoms with van der Waals surface area (Å²) in [5, 5.41) is 12.8. The van der Waals surface area contributed by atoms with E-state index in [9.17, 15) is 19.1 Å². The number of carbonyl (C=O) groups is 2. The monoisotopic (exact) mass is 418 g/mol. The SMILES string of the molecule is CN(C)Cc1ccc(C2Nc3cc(F)cc(C(=O)O)c3C(=O)C2c2ccccc2)cc1. The van der Waals surface area contributed by atoms with Gasteiger partial charge in [0.15, 0.2) is 5.78 Å². The highest BCUT2D eigenvalue weighted by Crippen LogP contribution is 2.43. The maximum absolute atomic E-state index is 14.1. The normalized spacial score (nSPS) is 17.9. The Morgan fingerprint density at radius 3 is 2.32 bits per heavy atom. The molecule has 0 radical (unpaired) electrons. The van der Waals surface area contributed by atoms with E-state index in [0.29, 0.717) is 0 Å². The van der Waals surface area contributed by atoms with Crippen molar-refractivity contribution in [1.29, 1.82) is 0 Å². The molecule has 3 aromatic carbocycles. The molecule has 0 spiro atoms. The Kier molecular flexibility index (Phi) is 5.57. The van der Waals surface area contributed by atoms with Crippen LogP contribution in [0.4, 0.5) is 10.1 Å². The van der Waals surface area contributed by atoms with Gasteiger partial charge < -0.3 is 15.3 Å². The molecule has 0 aliphatic carbocycles. The first-order chi connectivity index (χ1) is 14.8. The molecule has 0 saturated heterocycles. The van der Waals surface area contributed by atoms with Gasteiger partial charge in [-0.15, -0.1) is 0 Å². The van der Waals surface area contributed by atoms with Crippen molar-refractivity contribution in [2.45, 2.75) is 18.5 Å². The lowest BCUT2D eigenvalue weighted by Crippen LogP contribution is -2.33. The van der Waals surface area contributed by atoms with Crippen LogP contribution in [0.15, 0.2) is 66.7 Å². The summed E-state index contributed by atoms with van der Waals surface area (Å²) in [7, 11) is 3.98. The molecule has 3 aromatic rings. The third-order valence-electron chi connectivity index (χ3n) is 5.50. The van der Waals surface area contributed by atoms with E-state index in [1.807, 2.05) is 68.7 Å². The standard InChI is InChI=1S/C25H23FN2O3/c1-28(2)14-15-8-10-17(11-9-15)23-21(16-6-4-3-5-7-16)24(29)22-19(25(30)31)12-18(26)13-20(22)27-23/h3-13,21,23,27H,14H2,1-2H3,(H,30,31). The van der Waals surface area contributed by atoms with Crippen LogP contribution >= 0.6 is 0 Å². The molecule has 158 valence electrons. The van der Waals surface area contributed by atoms with Gasteiger partial charge in [0, 0.05) is 12.2 Å². The van der Waals surface area contributed by atoms with Crippen molar-refractivity contribution in [3.8, 4) is 0 Å². The fourth-order valence-corrected chi connectivity index (χ4v) is 4.19. The number of hydrogen-bond acceptors (Lipinski definition) is 4. The van der Waals surface area contributed by atoms with Crippen LogP contribution in [-0.2, 0) is 6.54 Å². The Labute approximate surface area is 180 Å². The Bertz CT molecular complexity index is 1130. The topological polar surface area (TPSA) is 69.6 Å². The van der Waals surface area contributed by atoms with Crippen molar-refractivity contribution in [3.63, 3.8) is 0 Å². The van der Waals surface area contributed by atoms with Crippen molar-refractivity contribution in [1.82, 2.24) is 4.90 Å². The first-order valence-electron chi connectivity index (χ1n) is 10.0. The zero-order valence-electron chi connectivity index (χ0n) is 17.3. The number of nitrogens with one attached hydrogen (secondary N) is 1. The third-order valence-corrected chi connectivity index (χ3v) is 5.50. The second kappa shape index (κ2) is 8.32. The quantitative estimate of drug-likeness (QED) is 0.628. The summed E-state index contributed by atoms with van der Waals surface area (Å²) in [6.45, 7) is 0.787. The highest BCUT2D eigenvalue weighted by Gasteiger charge is 2.40. The van der Waals surface area contributed by atoms with Crippen LogP contribution < -0.4 is 5.32 Å². The van der Waals surface area contributed by atoms with E-state index < -0.39 is 23.7 Å². The van der Waals surface area contributed by atoms with Gasteiger partial charge in [0.1, 0.15) is 5.82 Å². The van der Waals surface area contributed by atoms with Crippen LogP contribution in [0.25, 0.3) is 0 Å². The number of carboxylic acid groups (broad SMARTS) is 1. The minimum absolute atomic E-state index is 0.0169. The van der Waals surface area contributed by atoms with Gasteiger partial charge in [-0.3, -0.25) is 4.79 Å². The molecule has 1 aliphatic rings. The second-order valence-corrected chi connectivity index (χ2v) is 8.04. The number of nitrogens with zero attached hydrogens (tertiary/aromatic N) is 1. The van der Waals surface area contributed by atoms with Gasteiger partial charge in [-0.1, -0.05) is 54.6 Å². The van der Waals surface area contributed by atoms with E-state index in [1.54, 1.807) is 0 Å². The van der Waals surface area contributed by atoms with Crippen molar-refractivity contribution in [2.24, 2.45) is 0 Å². The van der Waals surface area contributed by atoms with Gasteiger partial charge in [0.25, 0.3) is 0 Å². The number of carbonyl (C=O) groups excluding carboxylic acids is 1. The van der Waals surface area contributed by atoms with Gasteiger partial charge in [-0.25, -0.2) is 9.18 Å². The molecule has 2 N–H and O–H groups in total. The van der Waals surface area contributed by atoms with Crippen LogP contribution in [0.1, 0.15) is 49.4 Å². The zero-order valence-corrected chi connectivity index (χ0v) is 17.3. The minimum Gasteiger partial charge on any atom is -0.478 e. The number of fused-ring (bicyclic) bond motifs is 1. The minimum atomic E-state index is -1.33. The maximum Gasteiger partial charge on any atom is 0.336 e. The van der Waals surface area contributed by atoms with Crippen molar-refractivity contribution in [2.75, 3.05) is 19.4 Å². The molecular weight excluding hydrogens is 395 g/mol. The fraction of sp³-hybridized carbons (Fsp3) is 0.200. The Morgan fingerprint density at radius 1 is 1.03 bits per heavy atom. The van der Waals surface area contributed by atoms with Crippen LogP contribution in [0.5, 0.6) is 0 Å². The summed E-state index contributed by atoms with van der Waals surface area (Å²) < 4.78 is 14.1. The number of halogens is 1. The second-order valence-electron chi connectivity index (χ2n) is 8.04. The summed E-state index contributed by atoms with van der Waals surface area (Å²) in [6, 6.07) is 18.8. The van der Waals surface area contributed by atoms with E-state index in [-0.39, 0.29) is 22.6 Å². The first kappa shape index (κ1) is 20.8. The number of ketones is 1. The Balaban J connectivity index is 1.84. The van der Waals surface area contributed by atoms with Crippen LogP contribution in [0, 0.1) is 5.82 Å². The van der Waals surface area contributed by atoms with Crippen molar-refractivity contribution < 1.29 is 19.1 Å². The number of carboxylic acids is 1. The maximum atomic E-state index is 14.1. The largest absolute Gasteiger partial charge is 0.478 e. The van der Waals surface area contributed by atoms with Gasteiger partial charge in [-0.05, 0) is 42.9 Å². The molecule has 0 saturated carbocycles. The molecule has 4 rings (SSSR count). The third kappa shape index (κ3) is 4.07. The molecule has 0 aromatic heterocycles. The smallest absolute Gasteiger partial charge is 0.336 e. The zero-order chi connectivity index (χ0) is 22.1. The molecular formula is C25H23FN2O3. The van der Waals surface area contributed by atoms with E-state index in [1.165, 1.54) is 6.07 Å². The van der Waals surface area contributed by atoms with E-state index in [2.05, 4.69) is 10.2 Å². The molecule has 0 fully saturated rings. The molecule has 2 atom stereocenters. The molecule has 2 unspecified atom stereocenters. The fourth-order valence-electron chi connectivity index (χ4n) is 4.19. The molecule has 0 bridgehead atoms. The van der Waals surface area contributed by atoms with Gasteiger partial charge >= 0.3 is 5.97 Å². The van der Waals surface area contributed by atoms with Gasteiger partial charge in [0.2, 0.25) is 0 Å². The molecule has 5 nitrogen and oxygen atoms in total. The average Bonchev–Trinajstić information content (AvgIpc) is 2.73. The average molecular weight is 418 g/mol. The lowest BCUT2D eigenvalue weighted by molar-refractivity contribution is 0.0690. The molecule has 31 heavy (non-hydrogen) atoms. The summed E-state index contributed by atoms with van der Waals surface area (Å²) in [5.74, 6) is -3.00. The molecule has 1 aliphatic heterocycles. The van der Waals surface area contributed by atoms with Crippen LogP contribution in [-0.4, -0.2) is 35.9 Å². The summed E-state index contributed by atoms with van der Waals surface area (Å²) >= 11 is 0. The highest BCUT2D eigenvalue weighted by atomic mass is 19.1. The van der Waals surface area contributed by atoms with E-state index in [4.69, 9.17) is 0 Å². The van der Waals surface area contributed by atoms with Crippen molar-refractivity contribution in [3.05, 3.63) is 100 Å². The van der Waals surface area contributed by atoms with E-state index in [0.717, 1.165) is 29.3 Å². The molecule has 1 heterocycles. The number of Topliss-reactive ketones (excluding diaryl/α,β-unsaturated/α-hetero) is 1. The lowest BCUT2D eigenvalue weighted by atomic mass is 9.77. The number of hydrogen-bond donors (Lipinski definition) is 2. The summed E-state index contributed by atoms with van der Waals surface area (Å²) in [5.41, 5.74) is 2.67. The molecule has 0 amide bonds. The van der Waals surface area contributed by atoms with Gasteiger partial charge in [0.05, 0.1) is 23.1 Å². The van der Waals surface area contributed by atoms with Crippen molar-refractivity contribution >= 4 is 17.4 Å². The number of anilines is 1. The lowest BCUT2D eigenvalue weighted by Gasteiger charge is -2.35. The number of rotatable bonds is 5. The highest BCUT2D eigenvalue weighted by molar-refractivity contribution is 6.14. The molecule has 6 heteroatoms. The van der Waals surface area contributed by atoms with E-state index >= 15 is 0 Å². The Morgan fingerprint density at radius 2 is 1.71 bits per heavy atom.